The van der Waals surface area contributed by atoms with Crippen LogP contribution >= 0.6 is 0 Å². The molecule has 0 radical (unpaired) electrons. The van der Waals surface area contributed by atoms with E-state index >= 15 is 0 Å². The number of carboxylic acid groups (broad SMARTS) is 2. The lowest BCUT2D eigenvalue weighted by molar-refractivity contribution is 0.0647. The van der Waals surface area contributed by atoms with Crippen LogP contribution in [0.5, 0.6) is 0 Å². The average molecular weight is 364 g/mol. The molecule has 9 heteroatoms. The zero-order valence-electron chi connectivity index (χ0n) is 13.6. The monoisotopic (exact) mass is 364 g/mol. The first kappa shape index (κ1) is 16.3. The van der Waals surface area contributed by atoms with Crippen LogP contribution in [0.1, 0.15) is 20.8 Å². The minimum Gasteiger partial charge on any atom is -0.478 e. The van der Waals surface area contributed by atoms with Crippen molar-refractivity contribution < 1.29 is 25.0 Å². The number of aromatic nitrogens is 4. The highest BCUT2D eigenvalue weighted by molar-refractivity contribution is 5.97. The van der Waals surface area contributed by atoms with Gasteiger partial charge >= 0.3 is 11.9 Å². The van der Waals surface area contributed by atoms with Gasteiger partial charge < -0.3 is 15.4 Å². The third-order valence-electron chi connectivity index (χ3n) is 4.16. The molecule has 0 saturated heterocycles. The highest BCUT2D eigenvalue weighted by Crippen LogP contribution is 2.26. The van der Waals surface area contributed by atoms with E-state index in [4.69, 9.17) is 5.11 Å². The zero-order chi connectivity index (χ0) is 19.1. The first-order valence-electron chi connectivity index (χ1n) is 7.79. The van der Waals surface area contributed by atoms with Gasteiger partial charge in [0.1, 0.15) is 5.69 Å². The van der Waals surface area contributed by atoms with E-state index in [1.807, 2.05) is 0 Å². The molecule has 0 unspecified atom stereocenters. The summed E-state index contributed by atoms with van der Waals surface area (Å²) >= 11 is 0. The lowest BCUT2D eigenvalue weighted by Gasteiger charge is -2.02. The summed E-state index contributed by atoms with van der Waals surface area (Å²) in [6.07, 6.45) is 1.60. The van der Waals surface area contributed by atoms with Gasteiger partial charge in [0.2, 0.25) is 0 Å². The van der Waals surface area contributed by atoms with Crippen molar-refractivity contribution in [3.05, 3.63) is 66.0 Å². The predicted octanol–water partition coefficient (Wildman–Crippen LogP) is 2.52. The molecule has 0 saturated carbocycles. The number of hydrogen-bond donors (Lipinski definition) is 3. The summed E-state index contributed by atoms with van der Waals surface area (Å²) < 4.78 is 2.05. The molecule has 134 valence electrons. The molecule has 0 bridgehead atoms. The van der Waals surface area contributed by atoms with E-state index in [9.17, 15) is 19.9 Å². The molecule has 9 nitrogen and oxygen atoms in total. The molecule has 2 aromatic heterocycles. The minimum absolute atomic E-state index is 0.132. The van der Waals surface area contributed by atoms with Gasteiger partial charge in [-0.15, -0.1) is 5.10 Å². The van der Waals surface area contributed by atoms with Crippen molar-refractivity contribution in [2.75, 3.05) is 0 Å². The molecule has 4 aromatic rings. The Morgan fingerprint density at radius 1 is 0.963 bits per heavy atom. The molecule has 0 amide bonds. The van der Waals surface area contributed by atoms with Crippen molar-refractivity contribution in [2.24, 2.45) is 0 Å². The summed E-state index contributed by atoms with van der Waals surface area (Å²) in [5, 5.41) is 36.9. The Hall–Kier alpha value is -4.14. The third kappa shape index (κ3) is 2.67. The van der Waals surface area contributed by atoms with E-state index < -0.39 is 11.9 Å². The first-order chi connectivity index (χ1) is 13.0. The van der Waals surface area contributed by atoms with E-state index in [0.29, 0.717) is 32.6 Å². The Labute approximate surface area is 151 Å². The summed E-state index contributed by atoms with van der Waals surface area (Å²) in [6, 6.07) is 12.6. The lowest BCUT2D eigenvalue weighted by Crippen LogP contribution is -2.04. The molecular formula is C18H12N4O5. The van der Waals surface area contributed by atoms with Gasteiger partial charge in [-0.25, -0.2) is 14.3 Å². The van der Waals surface area contributed by atoms with Crippen LogP contribution in [-0.4, -0.2) is 47.1 Å². The summed E-state index contributed by atoms with van der Waals surface area (Å²) in [6.45, 7) is 0. The molecule has 0 spiro atoms. The van der Waals surface area contributed by atoms with E-state index in [1.165, 1.54) is 22.9 Å². The standard InChI is InChI=1S/C18H12N4O5/c23-17(24)11-4-1-3-10(7-11)13-9-21(20-19-13)14-5-2-6-15-12(14)8-16(18(25)26)22(15)27/h1-9,27H,(H,23,24)(H,25,26). The van der Waals surface area contributed by atoms with Crippen molar-refractivity contribution in [1.29, 1.82) is 0 Å². The molecule has 0 aliphatic rings. The third-order valence-corrected chi connectivity index (χ3v) is 4.16. The topological polar surface area (TPSA) is 130 Å². The van der Waals surface area contributed by atoms with Crippen LogP contribution in [0.25, 0.3) is 27.8 Å². The van der Waals surface area contributed by atoms with Crippen LogP contribution < -0.4 is 0 Å². The predicted molar refractivity (Wildman–Crippen MR) is 93.4 cm³/mol. The van der Waals surface area contributed by atoms with Crippen LogP contribution in [0.3, 0.4) is 0 Å². The van der Waals surface area contributed by atoms with Gasteiger partial charge in [-0.3, -0.25) is 0 Å². The normalized spacial score (nSPS) is 11.0. The van der Waals surface area contributed by atoms with E-state index in [0.717, 1.165) is 0 Å². The maximum Gasteiger partial charge on any atom is 0.356 e. The molecule has 2 aromatic carbocycles. The van der Waals surface area contributed by atoms with E-state index in [-0.39, 0.29) is 11.3 Å². The number of carbonyl (C=O) groups is 2. The summed E-state index contributed by atoms with van der Waals surface area (Å²) in [7, 11) is 0. The number of fused-ring (bicyclic) bond motifs is 1. The van der Waals surface area contributed by atoms with Crippen molar-refractivity contribution in [3.63, 3.8) is 0 Å². The molecule has 0 fully saturated rings. The largest absolute Gasteiger partial charge is 0.478 e. The average Bonchev–Trinajstić information content (AvgIpc) is 3.27. The number of benzene rings is 2. The molecule has 0 atom stereocenters. The Morgan fingerprint density at radius 3 is 2.48 bits per heavy atom. The number of aromatic carboxylic acids is 2. The van der Waals surface area contributed by atoms with Crippen molar-refractivity contribution in [1.82, 2.24) is 19.7 Å². The fourth-order valence-electron chi connectivity index (χ4n) is 2.88. The molecule has 27 heavy (non-hydrogen) atoms. The number of carboxylic acids is 2. The maximum atomic E-state index is 11.3. The van der Waals surface area contributed by atoms with Crippen molar-refractivity contribution >= 4 is 22.8 Å². The molecule has 3 N–H and O–H groups in total. The maximum absolute atomic E-state index is 11.3. The second kappa shape index (κ2) is 5.99. The van der Waals surface area contributed by atoms with Gasteiger partial charge in [0, 0.05) is 10.9 Å². The molecule has 0 aliphatic heterocycles. The van der Waals surface area contributed by atoms with E-state index in [2.05, 4.69) is 10.3 Å². The smallest absolute Gasteiger partial charge is 0.356 e. The SMILES string of the molecule is O=C(O)c1cccc(-c2cn(-c3cccc4c3cc(C(=O)O)n4O)nn2)c1. The van der Waals surface area contributed by atoms with Gasteiger partial charge in [0.05, 0.1) is 23.0 Å². The van der Waals surface area contributed by atoms with Gasteiger partial charge in [0.25, 0.3) is 0 Å². The molecule has 0 aliphatic carbocycles. The van der Waals surface area contributed by atoms with Crippen LogP contribution in [0.4, 0.5) is 0 Å². The fourth-order valence-corrected chi connectivity index (χ4v) is 2.88. The van der Waals surface area contributed by atoms with Crippen LogP contribution in [0.2, 0.25) is 0 Å². The van der Waals surface area contributed by atoms with Crippen molar-refractivity contribution in [3.8, 4) is 16.9 Å². The van der Waals surface area contributed by atoms with Gasteiger partial charge in [-0.2, -0.15) is 4.73 Å². The number of nitrogens with zero attached hydrogens (tertiary/aromatic N) is 4. The van der Waals surface area contributed by atoms with E-state index in [1.54, 1.807) is 36.5 Å². The molecular weight excluding hydrogens is 352 g/mol. The summed E-state index contributed by atoms with van der Waals surface area (Å²) in [4.78, 5) is 22.4. The quantitative estimate of drug-likeness (QED) is 0.474. The Morgan fingerprint density at radius 2 is 1.74 bits per heavy atom. The fraction of sp³-hybridized carbons (Fsp3) is 0. The Bertz CT molecular complexity index is 1210. The Balaban J connectivity index is 1.82. The first-order valence-corrected chi connectivity index (χ1v) is 7.79. The second-order valence-corrected chi connectivity index (χ2v) is 5.79. The van der Waals surface area contributed by atoms with Crippen LogP contribution in [0.15, 0.2) is 54.7 Å². The van der Waals surface area contributed by atoms with Crippen molar-refractivity contribution in [2.45, 2.75) is 0 Å². The minimum atomic E-state index is -1.26. The summed E-state index contributed by atoms with van der Waals surface area (Å²) in [5.74, 6) is -2.30. The highest BCUT2D eigenvalue weighted by atomic mass is 16.5. The number of rotatable bonds is 4. The van der Waals surface area contributed by atoms with Gasteiger partial charge in [-0.1, -0.05) is 23.4 Å². The summed E-state index contributed by atoms with van der Waals surface area (Å²) in [5.41, 5.74) is 1.74. The second-order valence-electron chi connectivity index (χ2n) is 5.79. The Kier molecular flexibility index (Phi) is 3.62. The lowest BCUT2D eigenvalue weighted by atomic mass is 10.1. The zero-order valence-corrected chi connectivity index (χ0v) is 13.6. The van der Waals surface area contributed by atoms with Gasteiger partial charge in [0.15, 0.2) is 5.69 Å². The molecule has 4 rings (SSSR count). The number of hydrogen-bond acceptors (Lipinski definition) is 5. The highest BCUT2D eigenvalue weighted by Gasteiger charge is 2.18. The molecule has 2 heterocycles. The van der Waals surface area contributed by atoms with Gasteiger partial charge in [-0.05, 0) is 30.3 Å². The van der Waals surface area contributed by atoms with Crippen LogP contribution in [-0.2, 0) is 0 Å². The van der Waals surface area contributed by atoms with Crippen LogP contribution in [0, 0.1) is 0 Å².